The molecular weight excluding hydrogens is 328 g/mol. The zero-order chi connectivity index (χ0) is 13.7. The van der Waals surface area contributed by atoms with Crippen LogP contribution in [0.15, 0.2) is 35.1 Å². The SMILES string of the molecule is CCCCc1ccc(Oc2ncnc(Cl)c2Br)cc1. The Kier molecular flexibility index (Phi) is 5.16. The van der Waals surface area contributed by atoms with Crippen molar-refractivity contribution >= 4 is 27.5 Å². The Morgan fingerprint density at radius 2 is 1.95 bits per heavy atom. The van der Waals surface area contributed by atoms with Crippen molar-refractivity contribution in [3.8, 4) is 11.6 Å². The van der Waals surface area contributed by atoms with Crippen LogP contribution in [0.25, 0.3) is 0 Å². The minimum absolute atomic E-state index is 0.338. The Morgan fingerprint density at radius 1 is 1.21 bits per heavy atom. The first-order valence-corrected chi connectivity index (χ1v) is 7.30. The summed E-state index contributed by atoms with van der Waals surface area (Å²) in [4.78, 5) is 7.90. The maximum absolute atomic E-state index is 5.88. The van der Waals surface area contributed by atoms with Crippen molar-refractivity contribution in [2.45, 2.75) is 26.2 Å². The van der Waals surface area contributed by atoms with E-state index in [4.69, 9.17) is 16.3 Å². The van der Waals surface area contributed by atoms with E-state index in [2.05, 4.69) is 45.0 Å². The molecule has 0 spiro atoms. The maximum Gasteiger partial charge on any atom is 0.238 e. The van der Waals surface area contributed by atoms with Crippen LogP contribution in [0.1, 0.15) is 25.3 Å². The highest BCUT2D eigenvalue weighted by Crippen LogP contribution is 2.31. The molecule has 0 bridgehead atoms. The fourth-order valence-electron chi connectivity index (χ4n) is 1.62. The van der Waals surface area contributed by atoms with Gasteiger partial charge in [-0.05, 0) is 46.5 Å². The molecule has 0 unspecified atom stereocenters. The van der Waals surface area contributed by atoms with Gasteiger partial charge in [0.25, 0.3) is 0 Å². The predicted octanol–water partition coefficient (Wildman–Crippen LogP) is 5.03. The predicted molar refractivity (Wildman–Crippen MR) is 79.9 cm³/mol. The minimum Gasteiger partial charge on any atom is -0.438 e. The summed E-state index contributed by atoms with van der Waals surface area (Å²) in [5.74, 6) is 1.15. The zero-order valence-electron chi connectivity index (χ0n) is 10.6. The van der Waals surface area contributed by atoms with Crippen molar-refractivity contribution < 1.29 is 4.74 Å². The zero-order valence-corrected chi connectivity index (χ0v) is 12.9. The van der Waals surface area contributed by atoms with Gasteiger partial charge in [0, 0.05) is 0 Å². The van der Waals surface area contributed by atoms with Crippen LogP contribution in [0, 0.1) is 0 Å². The molecule has 0 aliphatic rings. The van der Waals surface area contributed by atoms with Crippen molar-refractivity contribution in [1.82, 2.24) is 9.97 Å². The normalized spacial score (nSPS) is 10.5. The molecule has 2 rings (SSSR count). The average Bonchev–Trinajstić information content (AvgIpc) is 2.43. The number of hydrogen-bond donors (Lipinski definition) is 0. The summed E-state index contributed by atoms with van der Waals surface area (Å²) in [6.45, 7) is 2.19. The molecule has 0 fully saturated rings. The van der Waals surface area contributed by atoms with Crippen LogP contribution in [0.3, 0.4) is 0 Å². The highest BCUT2D eigenvalue weighted by molar-refractivity contribution is 9.10. The van der Waals surface area contributed by atoms with Crippen LogP contribution in [0.4, 0.5) is 0 Å². The number of aromatic nitrogens is 2. The fraction of sp³-hybridized carbons (Fsp3) is 0.286. The van der Waals surface area contributed by atoms with Gasteiger partial charge in [-0.1, -0.05) is 37.1 Å². The third-order valence-electron chi connectivity index (χ3n) is 2.67. The third kappa shape index (κ3) is 3.91. The molecule has 1 heterocycles. The number of aryl methyl sites for hydroxylation is 1. The number of rotatable bonds is 5. The van der Waals surface area contributed by atoms with Crippen LogP contribution in [0.2, 0.25) is 5.15 Å². The molecule has 1 aromatic heterocycles. The quantitative estimate of drug-likeness (QED) is 0.716. The van der Waals surface area contributed by atoms with E-state index in [-0.39, 0.29) is 0 Å². The topological polar surface area (TPSA) is 35.0 Å². The molecule has 5 heteroatoms. The van der Waals surface area contributed by atoms with E-state index in [0.29, 0.717) is 15.5 Å². The molecule has 0 saturated carbocycles. The lowest BCUT2D eigenvalue weighted by Crippen LogP contribution is -1.92. The molecule has 0 saturated heterocycles. The molecule has 2 aromatic rings. The number of benzene rings is 1. The molecule has 0 radical (unpaired) electrons. The first-order valence-electron chi connectivity index (χ1n) is 6.13. The summed E-state index contributed by atoms with van der Waals surface area (Å²) in [5.41, 5.74) is 1.31. The summed E-state index contributed by atoms with van der Waals surface area (Å²) in [5, 5.41) is 0.338. The van der Waals surface area contributed by atoms with Crippen molar-refractivity contribution in [1.29, 1.82) is 0 Å². The molecule has 0 atom stereocenters. The molecule has 100 valence electrons. The molecule has 1 aromatic carbocycles. The fourth-order valence-corrected chi connectivity index (χ4v) is 2.03. The van der Waals surface area contributed by atoms with Crippen LogP contribution in [-0.2, 0) is 6.42 Å². The van der Waals surface area contributed by atoms with E-state index in [1.807, 2.05) is 12.1 Å². The largest absolute Gasteiger partial charge is 0.438 e. The van der Waals surface area contributed by atoms with Crippen molar-refractivity contribution in [2.24, 2.45) is 0 Å². The summed E-state index contributed by atoms with van der Waals surface area (Å²) in [6.07, 6.45) is 4.87. The number of nitrogens with zero attached hydrogens (tertiary/aromatic N) is 2. The van der Waals surface area contributed by atoms with E-state index < -0.39 is 0 Å². The van der Waals surface area contributed by atoms with E-state index in [1.54, 1.807) is 0 Å². The van der Waals surface area contributed by atoms with E-state index in [9.17, 15) is 0 Å². The molecule has 0 N–H and O–H groups in total. The first kappa shape index (κ1) is 14.3. The summed E-state index contributed by atoms with van der Waals surface area (Å²) >= 11 is 9.19. The lowest BCUT2D eigenvalue weighted by atomic mass is 10.1. The molecular formula is C14H14BrClN2O. The van der Waals surface area contributed by atoms with Gasteiger partial charge in [0.15, 0.2) is 5.15 Å². The Hall–Kier alpha value is -1.13. The van der Waals surface area contributed by atoms with Gasteiger partial charge in [0.05, 0.1) is 0 Å². The summed E-state index contributed by atoms with van der Waals surface area (Å²) in [6, 6.07) is 8.02. The van der Waals surface area contributed by atoms with Crippen LogP contribution in [0.5, 0.6) is 11.6 Å². The molecule has 3 nitrogen and oxygen atoms in total. The molecule has 0 amide bonds. The number of hydrogen-bond acceptors (Lipinski definition) is 3. The Balaban J connectivity index is 2.09. The first-order chi connectivity index (χ1) is 9.20. The van der Waals surface area contributed by atoms with Gasteiger partial charge in [-0.2, -0.15) is 0 Å². The van der Waals surface area contributed by atoms with Gasteiger partial charge < -0.3 is 4.74 Å². The van der Waals surface area contributed by atoms with Crippen molar-refractivity contribution in [2.75, 3.05) is 0 Å². The second-order valence-electron chi connectivity index (χ2n) is 4.13. The van der Waals surface area contributed by atoms with Gasteiger partial charge >= 0.3 is 0 Å². The highest BCUT2D eigenvalue weighted by atomic mass is 79.9. The lowest BCUT2D eigenvalue weighted by molar-refractivity contribution is 0.458. The summed E-state index contributed by atoms with van der Waals surface area (Å²) < 4.78 is 6.23. The van der Waals surface area contributed by atoms with Crippen LogP contribution < -0.4 is 4.74 Å². The van der Waals surface area contributed by atoms with Crippen LogP contribution >= 0.6 is 27.5 Å². The van der Waals surface area contributed by atoms with Gasteiger partial charge in [-0.25, -0.2) is 9.97 Å². The van der Waals surface area contributed by atoms with Gasteiger partial charge in [-0.3, -0.25) is 0 Å². The van der Waals surface area contributed by atoms with Gasteiger partial charge in [-0.15, -0.1) is 0 Å². The Labute approximate surface area is 126 Å². The van der Waals surface area contributed by atoms with Crippen LogP contribution in [-0.4, -0.2) is 9.97 Å². The molecule has 19 heavy (non-hydrogen) atoms. The molecule has 0 aliphatic carbocycles. The average molecular weight is 342 g/mol. The monoisotopic (exact) mass is 340 g/mol. The van der Waals surface area contributed by atoms with Crippen molar-refractivity contribution in [3.63, 3.8) is 0 Å². The highest BCUT2D eigenvalue weighted by Gasteiger charge is 2.08. The van der Waals surface area contributed by atoms with E-state index in [0.717, 1.165) is 12.2 Å². The number of halogens is 2. The molecule has 0 aliphatic heterocycles. The third-order valence-corrected chi connectivity index (χ3v) is 3.90. The van der Waals surface area contributed by atoms with E-state index >= 15 is 0 Å². The van der Waals surface area contributed by atoms with Gasteiger partial charge in [0.2, 0.25) is 5.88 Å². The number of unbranched alkanes of at least 4 members (excludes halogenated alkanes) is 1. The van der Waals surface area contributed by atoms with Gasteiger partial charge in [0.1, 0.15) is 16.5 Å². The lowest BCUT2D eigenvalue weighted by Gasteiger charge is -2.07. The summed E-state index contributed by atoms with van der Waals surface area (Å²) in [7, 11) is 0. The smallest absolute Gasteiger partial charge is 0.238 e. The van der Waals surface area contributed by atoms with E-state index in [1.165, 1.54) is 24.7 Å². The number of ether oxygens (including phenoxy) is 1. The second kappa shape index (κ2) is 6.87. The van der Waals surface area contributed by atoms with Crippen molar-refractivity contribution in [3.05, 3.63) is 45.8 Å². The Morgan fingerprint density at radius 3 is 2.63 bits per heavy atom. The standard InChI is InChI=1S/C14H14BrClN2O/c1-2-3-4-10-5-7-11(8-6-10)19-14-12(15)13(16)17-9-18-14/h5-9H,2-4H2,1H3. The maximum atomic E-state index is 5.88. The Bertz CT molecular complexity index is 546. The minimum atomic E-state index is 0.338. The second-order valence-corrected chi connectivity index (χ2v) is 5.28.